The molecule has 0 heterocycles. The Labute approximate surface area is 109 Å². The number of aliphatic hydroxyl groups is 1. The molecule has 1 atom stereocenters. The first-order valence-corrected chi connectivity index (χ1v) is 6.88. The van der Waals surface area contributed by atoms with E-state index in [9.17, 15) is 4.79 Å². The van der Waals surface area contributed by atoms with Crippen molar-refractivity contribution in [2.24, 2.45) is 17.3 Å². The van der Waals surface area contributed by atoms with Crippen LogP contribution < -0.4 is 5.32 Å². The Balaban J connectivity index is 2.42. The molecule has 0 spiro atoms. The van der Waals surface area contributed by atoms with Crippen LogP contribution in [0.5, 0.6) is 0 Å². The van der Waals surface area contributed by atoms with Crippen LogP contribution in [-0.4, -0.2) is 24.2 Å². The lowest BCUT2D eigenvalue weighted by molar-refractivity contribution is -0.134. The summed E-state index contributed by atoms with van der Waals surface area (Å²) in [5, 5.41) is 21.0. The van der Waals surface area contributed by atoms with Crippen molar-refractivity contribution in [3.63, 3.8) is 0 Å². The molecule has 4 heteroatoms. The molecule has 1 unspecified atom stereocenters. The summed E-state index contributed by atoms with van der Waals surface area (Å²) in [4.78, 5) is 12.0. The second-order valence-corrected chi connectivity index (χ2v) is 5.58. The minimum Gasteiger partial charge on any atom is -0.396 e. The number of carbonyl (C=O) groups excluding carboxylic acids is 1. The lowest BCUT2D eigenvalue weighted by atomic mass is 9.63. The van der Waals surface area contributed by atoms with Crippen molar-refractivity contribution in [3.05, 3.63) is 0 Å². The smallest absolute Gasteiger partial charge is 0.240 e. The maximum atomic E-state index is 12.0. The number of nitrogens with one attached hydrogen (secondary N) is 1. The summed E-state index contributed by atoms with van der Waals surface area (Å²) in [6.45, 7) is 4.89. The van der Waals surface area contributed by atoms with Crippen LogP contribution in [0.4, 0.5) is 0 Å². The monoisotopic (exact) mass is 252 g/mol. The van der Waals surface area contributed by atoms with Crippen molar-refractivity contribution < 1.29 is 9.90 Å². The third-order valence-electron chi connectivity index (χ3n) is 3.83. The minimum atomic E-state index is -0.782. The molecular formula is C14H24N2O2. The van der Waals surface area contributed by atoms with Gasteiger partial charge in [-0.05, 0) is 37.5 Å². The van der Waals surface area contributed by atoms with E-state index in [1.807, 2.05) is 0 Å². The normalized spacial score (nSPS) is 28.0. The van der Waals surface area contributed by atoms with Gasteiger partial charge in [0.15, 0.2) is 0 Å². The van der Waals surface area contributed by atoms with Crippen LogP contribution in [0, 0.1) is 28.6 Å². The SMILES string of the molecule is CCCC(CCO)CNC(=O)C1(C#N)CC(C)C1. The molecule has 0 aromatic heterocycles. The Morgan fingerprint density at radius 2 is 2.22 bits per heavy atom. The van der Waals surface area contributed by atoms with E-state index in [1.54, 1.807) is 0 Å². The highest BCUT2D eigenvalue weighted by molar-refractivity contribution is 5.86. The summed E-state index contributed by atoms with van der Waals surface area (Å²) < 4.78 is 0. The quantitative estimate of drug-likeness (QED) is 0.726. The lowest BCUT2D eigenvalue weighted by Gasteiger charge is -2.39. The molecular weight excluding hydrogens is 228 g/mol. The van der Waals surface area contributed by atoms with E-state index in [0.717, 1.165) is 12.8 Å². The van der Waals surface area contributed by atoms with Gasteiger partial charge in [-0.15, -0.1) is 0 Å². The van der Waals surface area contributed by atoms with Gasteiger partial charge in [0.05, 0.1) is 6.07 Å². The molecule has 18 heavy (non-hydrogen) atoms. The number of hydrogen-bond acceptors (Lipinski definition) is 3. The van der Waals surface area contributed by atoms with Gasteiger partial charge in [0.2, 0.25) is 5.91 Å². The standard InChI is InChI=1S/C14H24N2O2/c1-3-4-12(5-6-17)9-16-13(18)14(10-15)7-11(2)8-14/h11-12,17H,3-9H2,1-2H3,(H,16,18). The van der Waals surface area contributed by atoms with E-state index < -0.39 is 5.41 Å². The summed E-state index contributed by atoms with van der Waals surface area (Å²) in [6.07, 6.45) is 4.10. The molecule has 1 rings (SSSR count). The molecule has 0 aliphatic heterocycles. The summed E-state index contributed by atoms with van der Waals surface area (Å²) >= 11 is 0. The molecule has 2 N–H and O–H groups in total. The van der Waals surface area contributed by atoms with Gasteiger partial charge in [-0.25, -0.2) is 0 Å². The molecule has 102 valence electrons. The predicted molar refractivity (Wildman–Crippen MR) is 69.6 cm³/mol. The number of nitriles is 1. The van der Waals surface area contributed by atoms with E-state index in [1.165, 1.54) is 0 Å². The topological polar surface area (TPSA) is 73.1 Å². The van der Waals surface area contributed by atoms with Crippen LogP contribution in [0.15, 0.2) is 0 Å². The fraction of sp³-hybridized carbons (Fsp3) is 0.857. The Kier molecular flexibility index (Phi) is 5.61. The number of hydrogen-bond donors (Lipinski definition) is 2. The first kappa shape index (κ1) is 15.0. The van der Waals surface area contributed by atoms with Gasteiger partial charge < -0.3 is 10.4 Å². The summed E-state index contributed by atoms with van der Waals surface area (Å²) in [6, 6.07) is 2.17. The van der Waals surface area contributed by atoms with Crippen LogP contribution in [0.25, 0.3) is 0 Å². The highest BCUT2D eigenvalue weighted by Gasteiger charge is 2.48. The lowest BCUT2D eigenvalue weighted by Crippen LogP contribution is -2.49. The van der Waals surface area contributed by atoms with Crippen molar-refractivity contribution in [3.8, 4) is 6.07 Å². The molecule has 1 amide bonds. The second-order valence-electron chi connectivity index (χ2n) is 5.58. The van der Waals surface area contributed by atoms with Gasteiger partial charge in [-0.1, -0.05) is 20.3 Å². The van der Waals surface area contributed by atoms with Crippen LogP contribution in [0.2, 0.25) is 0 Å². The van der Waals surface area contributed by atoms with Gasteiger partial charge >= 0.3 is 0 Å². The van der Waals surface area contributed by atoms with Crippen molar-refractivity contribution in [1.82, 2.24) is 5.32 Å². The van der Waals surface area contributed by atoms with Gasteiger partial charge in [0, 0.05) is 13.2 Å². The zero-order valence-corrected chi connectivity index (χ0v) is 11.4. The summed E-state index contributed by atoms with van der Waals surface area (Å²) in [5.74, 6) is 0.665. The fourth-order valence-electron chi connectivity index (χ4n) is 2.80. The zero-order valence-electron chi connectivity index (χ0n) is 11.4. The molecule has 1 aliphatic carbocycles. The Hall–Kier alpha value is -1.08. The maximum Gasteiger partial charge on any atom is 0.240 e. The highest BCUT2D eigenvalue weighted by atomic mass is 16.3. The fourth-order valence-corrected chi connectivity index (χ4v) is 2.80. The van der Waals surface area contributed by atoms with Crippen LogP contribution in [0.1, 0.15) is 46.0 Å². The number of rotatable bonds is 7. The van der Waals surface area contributed by atoms with Crippen molar-refractivity contribution >= 4 is 5.91 Å². The van der Waals surface area contributed by atoms with Gasteiger partial charge in [-0.3, -0.25) is 4.79 Å². The number of nitrogens with zero attached hydrogens (tertiary/aromatic N) is 1. The van der Waals surface area contributed by atoms with Gasteiger partial charge in [0.25, 0.3) is 0 Å². The van der Waals surface area contributed by atoms with Crippen LogP contribution >= 0.6 is 0 Å². The van der Waals surface area contributed by atoms with Crippen molar-refractivity contribution in [1.29, 1.82) is 5.26 Å². The highest BCUT2D eigenvalue weighted by Crippen LogP contribution is 2.45. The molecule has 0 radical (unpaired) electrons. The largest absolute Gasteiger partial charge is 0.396 e. The van der Waals surface area contributed by atoms with Crippen molar-refractivity contribution in [2.45, 2.75) is 46.0 Å². The average Bonchev–Trinajstić information content (AvgIpc) is 2.32. The first-order valence-electron chi connectivity index (χ1n) is 6.88. The molecule has 1 saturated carbocycles. The van der Waals surface area contributed by atoms with E-state index in [0.29, 0.717) is 37.6 Å². The molecule has 1 fully saturated rings. The van der Waals surface area contributed by atoms with Crippen LogP contribution in [0.3, 0.4) is 0 Å². The molecule has 0 aromatic rings. The van der Waals surface area contributed by atoms with Crippen LogP contribution in [-0.2, 0) is 4.79 Å². The molecule has 0 saturated heterocycles. The third kappa shape index (κ3) is 3.46. The average molecular weight is 252 g/mol. The van der Waals surface area contributed by atoms with E-state index in [2.05, 4.69) is 25.2 Å². The first-order chi connectivity index (χ1) is 8.57. The number of aliphatic hydroxyl groups excluding tert-OH is 1. The third-order valence-corrected chi connectivity index (χ3v) is 3.83. The Morgan fingerprint density at radius 3 is 2.67 bits per heavy atom. The zero-order chi connectivity index (χ0) is 13.6. The molecule has 4 nitrogen and oxygen atoms in total. The number of carbonyl (C=O) groups is 1. The summed E-state index contributed by atoms with van der Waals surface area (Å²) in [7, 11) is 0. The predicted octanol–water partition coefficient (Wildman–Crippen LogP) is 1.84. The molecule has 0 aromatic carbocycles. The minimum absolute atomic E-state index is 0.123. The van der Waals surface area contributed by atoms with E-state index in [-0.39, 0.29) is 12.5 Å². The van der Waals surface area contributed by atoms with Gasteiger partial charge in [0.1, 0.15) is 5.41 Å². The maximum absolute atomic E-state index is 12.0. The van der Waals surface area contributed by atoms with Crippen molar-refractivity contribution in [2.75, 3.05) is 13.2 Å². The van der Waals surface area contributed by atoms with E-state index in [4.69, 9.17) is 10.4 Å². The summed E-state index contributed by atoms with van der Waals surface area (Å²) in [5.41, 5.74) is -0.782. The molecule has 0 bridgehead atoms. The second kappa shape index (κ2) is 6.75. The number of amides is 1. The van der Waals surface area contributed by atoms with Gasteiger partial charge in [-0.2, -0.15) is 5.26 Å². The Morgan fingerprint density at radius 1 is 1.56 bits per heavy atom. The van der Waals surface area contributed by atoms with E-state index >= 15 is 0 Å². The molecule has 1 aliphatic rings. The Bertz CT molecular complexity index is 310.